The first-order chi connectivity index (χ1) is 10.7. The normalized spacial score (nSPS) is 27.1. The predicted molar refractivity (Wildman–Crippen MR) is 92.1 cm³/mol. The molecule has 3 atom stereocenters. The summed E-state index contributed by atoms with van der Waals surface area (Å²) in [5.41, 5.74) is 6.71. The van der Waals surface area contributed by atoms with Crippen LogP contribution in [0.15, 0.2) is 24.3 Å². The zero-order chi connectivity index (χ0) is 15.4. The average Bonchev–Trinajstić information content (AvgIpc) is 3.02. The number of amides is 1. The van der Waals surface area contributed by atoms with E-state index in [1.54, 1.807) is 0 Å². The first-order valence-electron chi connectivity index (χ1n) is 8.12. The fraction of sp³-hybridized carbons (Fsp3) is 0.588. The van der Waals surface area contributed by atoms with Gasteiger partial charge in [-0.2, -0.15) is 0 Å². The Labute approximate surface area is 143 Å². The summed E-state index contributed by atoms with van der Waals surface area (Å²) in [6.45, 7) is 1.35. The lowest BCUT2D eigenvalue weighted by Crippen LogP contribution is -2.34. The standard InChI is InChI=1S/C17H24N2O3.ClH/c18-13-5-3-4-12(10-13)17(20)19-15-6-1-2-7-16(15)22-14-8-9-21-11-14;/h1-2,6-7,12-14H,3-5,8-11,18H2,(H,19,20);1H. The second-order valence-corrected chi connectivity index (χ2v) is 6.21. The van der Waals surface area contributed by atoms with Crippen molar-refractivity contribution >= 4 is 24.0 Å². The number of nitrogens with two attached hydrogens (primary N) is 1. The monoisotopic (exact) mass is 340 g/mol. The van der Waals surface area contributed by atoms with Crippen LogP contribution in [0.4, 0.5) is 5.69 Å². The molecule has 2 aliphatic rings. The summed E-state index contributed by atoms with van der Waals surface area (Å²) in [5.74, 6) is 0.770. The molecule has 0 bridgehead atoms. The van der Waals surface area contributed by atoms with Gasteiger partial charge in [0, 0.05) is 18.4 Å². The molecule has 3 N–H and O–H groups in total. The van der Waals surface area contributed by atoms with E-state index in [1.807, 2.05) is 24.3 Å². The zero-order valence-electron chi connectivity index (χ0n) is 13.2. The first kappa shape index (κ1) is 18.0. The molecule has 5 nitrogen and oxygen atoms in total. The van der Waals surface area contributed by atoms with E-state index < -0.39 is 0 Å². The minimum Gasteiger partial charge on any atom is -0.486 e. The van der Waals surface area contributed by atoms with Gasteiger partial charge in [-0.15, -0.1) is 12.4 Å². The van der Waals surface area contributed by atoms with Crippen molar-refractivity contribution in [3.05, 3.63) is 24.3 Å². The number of ether oxygens (including phenoxy) is 2. The van der Waals surface area contributed by atoms with Crippen LogP contribution in [0.2, 0.25) is 0 Å². The third-order valence-corrected chi connectivity index (χ3v) is 4.41. The maximum Gasteiger partial charge on any atom is 0.227 e. The second kappa shape index (κ2) is 8.52. The van der Waals surface area contributed by atoms with Crippen LogP contribution in [0.5, 0.6) is 5.75 Å². The molecule has 3 unspecified atom stereocenters. The number of nitrogens with one attached hydrogen (secondary N) is 1. The lowest BCUT2D eigenvalue weighted by Gasteiger charge is -2.26. The highest BCUT2D eigenvalue weighted by atomic mass is 35.5. The number of carbonyl (C=O) groups is 1. The van der Waals surface area contributed by atoms with Gasteiger partial charge in [-0.05, 0) is 31.4 Å². The van der Waals surface area contributed by atoms with Gasteiger partial charge in [0.2, 0.25) is 5.91 Å². The minimum absolute atomic E-state index is 0. The van der Waals surface area contributed by atoms with Gasteiger partial charge < -0.3 is 20.5 Å². The molecule has 1 aliphatic heterocycles. The van der Waals surface area contributed by atoms with E-state index >= 15 is 0 Å². The molecular weight excluding hydrogens is 316 g/mol. The van der Waals surface area contributed by atoms with Crippen LogP contribution in [-0.2, 0) is 9.53 Å². The lowest BCUT2D eigenvalue weighted by molar-refractivity contribution is -0.120. The van der Waals surface area contributed by atoms with E-state index in [4.69, 9.17) is 15.2 Å². The highest BCUT2D eigenvalue weighted by Gasteiger charge is 2.26. The van der Waals surface area contributed by atoms with Crippen LogP contribution in [0, 0.1) is 5.92 Å². The van der Waals surface area contributed by atoms with Crippen molar-refractivity contribution in [3.8, 4) is 5.75 Å². The fourth-order valence-corrected chi connectivity index (χ4v) is 3.16. The fourth-order valence-electron chi connectivity index (χ4n) is 3.16. The van der Waals surface area contributed by atoms with Crippen LogP contribution >= 0.6 is 12.4 Å². The summed E-state index contributed by atoms with van der Waals surface area (Å²) in [6, 6.07) is 7.73. The summed E-state index contributed by atoms with van der Waals surface area (Å²) < 4.78 is 11.3. The summed E-state index contributed by atoms with van der Waals surface area (Å²) in [5, 5.41) is 3.01. The number of hydrogen-bond donors (Lipinski definition) is 2. The topological polar surface area (TPSA) is 73.6 Å². The van der Waals surface area contributed by atoms with Crippen molar-refractivity contribution in [2.45, 2.75) is 44.2 Å². The summed E-state index contributed by atoms with van der Waals surface area (Å²) in [6.07, 6.45) is 4.69. The van der Waals surface area contributed by atoms with Crippen LogP contribution in [0.1, 0.15) is 32.1 Å². The molecule has 6 heteroatoms. The van der Waals surface area contributed by atoms with Gasteiger partial charge in [0.1, 0.15) is 11.9 Å². The van der Waals surface area contributed by atoms with Gasteiger partial charge >= 0.3 is 0 Å². The summed E-state index contributed by atoms with van der Waals surface area (Å²) >= 11 is 0. The molecule has 1 aromatic rings. The van der Waals surface area contributed by atoms with Crippen LogP contribution in [0.25, 0.3) is 0 Å². The van der Waals surface area contributed by atoms with Crippen molar-refractivity contribution in [1.29, 1.82) is 0 Å². The van der Waals surface area contributed by atoms with Crippen molar-refractivity contribution < 1.29 is 14.3 Å². The molecule has 23 heavy (non-hydrogen) atoms. The minimum atomic E-state index is 0. The Morgan fingerprint density at radius 1 is 1.26 bits per heavy atom. The molecule has 1 aromatic carbocycles. The van der Waals surface area contributed by atoms with E-state index in [1.165, 1.54) is 0 Å². The number of anilines is 1. The Kier molecular flexibility index (Phi) is 6.69. The summed E-state index contributed by atoms with van der Waals surface area (Å²) in [7, 11) is 0. The van der Waals surface area contributed by atoms with E-state index in [0.717, 1.165) is 44.4 Å². The number of para-hydroxylation sites is 2. The molecule has 0 aromatic heterocycles. The van der Waals surface area contributed by atoms with E-state index in [-0.39, 0.29) is 36.4 Å². The largest absolute Gasteiger partial charge is 0.486 e. The maximum atomic E-state index is 12.5. The molecule has 2 fully saturated rings. The Morgan fingerprint density at radius 2 is 2.09 bits per heavy atom. The Hall–Kier alpha value is -1.30. The predicted octanol–water partition coefficient (Wildman–Crippen LogP) is 2.73. The first-order valence-corrected chi connectivity index (χ1v) is 8.12. The maximum absolute atomic E-state index is 12.5. The van der Waals surface area contributed by atoms with Gasteiger partial charge in [-0.3, -0.25) is 4.79 Å². The SMILES string of the molecule is Cl.NC1CCCC(C(=O)Nc2ccccc2OC2CCOC2)C1. The molecule has 1 amide bonds. The van der Waals surface area contributed by atoms with Crippen molar-refractivity contribution in [2.24, 2.45) is 11.7 Å². The van der Waals surface area contributed by atoms with Gasteiger partial charge in [0.05, 0.1) is 18.9 Å². The van der Waals surface area contributed by atoms with Gasteiger partial charge in [-0.25, -0.2) is 0 Å². The second-order valence-electron chi connectivity index (χ2n) is 6.21. The Balaban J connectivity index is 0.00000192. The van der Waals surface area contributed by atoms with Gasteiger partial charge in [0.25, 0.3) is 0 Å². The van der Waals surface area contributed by atoms with E-state index in [2.05, 4.69) is 5.32 Å². The number of halogens is 1. The van der Waals surface area contributed by atoms with E-state index in [0.29, 0.717) is 12.4 Å². The van der Waals surface area contributed by atoms with Crippen molar-refractivity contribution in [2.75, 3.05) is 18.5 Å². The molecule has 3 rings (SSSR count). The highest BCUT2D eigenvalue weighted by Crippen LogP contribution is 2.29. The molecule has 1 aliphatic carbocycles. The highest BCUT2D eigenvalue weighted by molar-refractivity contribution is 5.94. The third kappa shape index (κ3) is 4.83. The van der Waals surface area contributed by atoms with Crippen molar-refractivity contribution in [3.63, 3.8) is 0 Å². The number of benzene rings is 1. The number of hydrogen-bond acceptors (Lipinski definition) is 4. The molecule has 1 heterocycles. The molecule has 1 saturated heterocycles. The average molecular weight is 341 g/mol. The Morgan fingerprint density at radius 3 is 2.83 bits per heavy atom. The van der Waals surface area contributed by atoms with Gasteiger partial charge in [0.15, 0.2) is 0 Å². The third-order valence-electron chi connectivity index (χ3n) is 4.41. The molecule has 0 spiro atoms. The number of carbonyl (C=O) groups excluding carboxylic acids is 1. The molecule has 1 saturated carbocycles. The van der Waals surface area contributed by atoms with Crippen LogP contribution in [-0.4, -0.2) is 31.3 Å². The summed E-state index contributed by atoms with van der Waals surface area (Å²) in [4.78, 5) is 12.5. The lowest BCUT2D eigenvalue weighted by atomic mass is 9.85. The molecule has 128 valence electrons. The van der Waals surface area contributed by atoms with Crippen LogP contribution < -0.4 is 15.8 Å². The molecule has 0 radical (unpaired) electrons. The Bertz CT molecular complexity index is 520. The molecular formula is C17H25ClN2O3. The van der Waals surface area contributed by atoms with Gasteiger partial charge in [-0.1, -0.05) is 18.6 Å². The van der Waals surface area contributed by atoms with Crippen LogP contribution in [0.3, 0.4) is 0 Å². The number of rotatable bonds is 4. The zero-order valence-corrected chi connectivity index (χ0v) is 14.0. The van der Waals surface area contributed by atoms with E-state index in [9.17, 15) is 4.79 Å². The quantitative estimate of drug-likeness (QED) is 0.883. The smallest absolute Gasteiger partial charge is 0.227 e. The van der Waals surface area contributed by atoms with Crippen molar-refractivity contribution in [1.82, 2.24) is 0 Å².